The Kier molecular flexibility index (Phi) is 5.23. The third kappa shape index (κ3) is 4.26. The van der Waals surface area contributed by atoms with Gasteiger partial charge in [0.15, 0.2) is 0 Å². The van der Waals surface area contributed by atoms with Gasteiger partial charge in [0.1, 0.15) is 12.4 Å². The van der Waals surface area contributed by atoms with E-state index in [1.807, 2.05) is 30.3 Å². The lowest BCUT2D eigenvalue weighted by Gasteiger charge is -2.08. The molecule has 2 N–H and O–H groups in total. The molecule has 4 heteroatoms. The summed E-state index contributed by atoms with van der Waals surface area (Å²) in [5.41, 5.74) is 7.58. The van der Waals surface area contributed by atoms with Gasteiger partial charge in [0, 0.05) is 16.1 Å². The number of rotatable bonds is 3. The van der Waals surface area contributed by atoms with E-state index < -0.39 is 0 Å². The molecule has 0 saturated heterocycles. The van der Waals surface area contributed by atoms with Gasteiger partial charge < -0.3 is 10.5 Å². The average Bonchev–Trinajstić information content (AvgIpc) is 2.52. The molecule has 21 heavy (non-hydrogen) atoms. The number of nitrogens with zero attached hydrogens (tertiary/aromatic N) is 1. The van der Waals surface area contributed by atoms with E-state index in [1.165, 1.54) is 0 Å². The van der Waals surface area contributed by atoms with E-state index in [2.05, 4.69) is 11.8 Å². The molecule has 2 aromatic rings. The van der Waals surface area contributed by atoms with Crippen LogP contribution in [0.15, 0.2) is 42.5 Å². The molecule has 0 radical (unpaired) electrons. The van der Waals surface area contributed by atoms with E-state index in [0.29, 0.717) is 23.7 Å². The zero-order chi connectivity index (χ0) is 15.1. The molecule has 104 valence electrons. The third-order valence-corrected chi connectivity index (χ3v) is 3.12. The van der Waals surface area contributed by atoms with Crippen LogP contribution in [0.4, 0.5) is 0 Å². The molecule has 0 atom stereocenters. The molecule has 0 aliphatic rings. The van der Waals surface area contributed by atoms with Crippen molar-refractivity contribution in [2.24, 2.45) is 5.73 Å². The molecular weight excluding hydrogens is 284 g/mol. The summed E-state index contributed by atoms with van der Waals surface area (Å²) in [7, 11) is 0. The smallest absolute Gasteiger partial charge is 0.119 e. The first-order valence-corrected chi connectivity index (χ1v) is 6.71. The van der Waals surface area contributed by atoms with Crippen molar-refractivity contribution < 1.29 is 4.74 Å². The van der Waals surface area contributed by atoms with Crippen molar-refractivity contribution in [2.45, 2.75) is 6.61 Å². The monoisotopic (exact) mass is 296 g/mol. The summed E-state index contributed by atoms with van der Waals surface area (Å²) in [5.74, 6) is 6.47. The van der Waals surface area contributed by atoms with Gasteiger partial charge >= 0.3 is 0 Å². The van der Waals surface area contributed by atoms with E-state index >= 15 is 0 Å². The van der Waals surface area contributed by atoms with Crippen molar-refractivity contribution in [2.75, 3.05) is 6.54 Å². The fraction of sp³-hybridized carbons (Fsp3) is 0.118. The Morgan fingerprint density at radius 2 is 1.81 bits per heavy atom. The standard InChI is InChI=1S/C17H13ClN2O/c18-17-10-14(11-20)3-6-15(17)12-21-16-7-4-13(5-8-16)2-1-9-19/h3-8,10H,9,12,19H2. The second-order valence-corrected chi connectivity index (χ2v) is 4.64. The van der Waals surface area contributed by atoms with Crippen LogP contribution in [-0.2, 0) is 6.61 Å². The minimum Gasteiger partial charge on any atom is -0.489 e. The van der Waals surface area contributed by atoms with Gasteiger partial charge in [0.2, 0.25) is 0 Å². The first-order chi connectivity index (χ1) is 10.2. The molecule has 0 aliphatic carbocycles. The second kappa shape index (κ2) is 7.36. The summed E-state index contributed by atoms with van der Waals surface area (Å²) >= 11 is 6.10. The number of nitriles is 1. The lowest BCUT2D eigenvalue weighted by molar-refractivity contribution is 0.306. The number of hydrogen-bond acceptors (Lipinski definition) is 3. The normalized spacial score (nSPS) is 9.38. The quantitative estimate of drug-likeness (QED) is 0.885. The fourth-order valence-corrected chi connectivity index (χ4v) is 1.92. The molecule has 0 saturated carbocycles. The maximum atomic E-state index is 8.79. The van der Waals surface area contributed by atoms with Gasteiger partial charge in [0.25, 0.3) is 0 Å². The number of nitrogens with two attached hydrogens (primary N) is 1. The zero-order valence-corrected chi connectivity index (χ0v) is 12.0. The van der Waals surface area contributed by atoms with Gasteiger partial charge in [-0.05, 0) is 36.4 Å². The van der Waals surface area contributed by atoms with E-state index in [9.17, 15) is 0 Å². The highest BCUT2D eigenvalue weighted by Gasteiger charge is 2.03. The summed E-state index contributed by atoms with van der Waals surface area (Å²) in [4.78, 5) is 0. The molecule has 2 rings (SSSR count). The Bertz CT molecular complexity index is 721. The van der Waals surface area contributed by atoms with Crippen LogP contribution in [0.5, 0.6) is 5.75 Å². The predicted molar refractivity (Wildman–Crippen MR) is 82.9 cm³/mol. The van der Waals surface area contributed by atoms with Crippen molar-refractivity contribution in [1.29, 1.82) is 5.26 Å². The van der Waals surface area contributed by atoms with Crippen LogP contribution in [0.2, 0.25) is 5.02 Å². The van der Waals surface area contributed by atoms with Crippen LogP contribution >= 0.6 is 11.6 Å². The van der Waals surface area contributed by atoms with Crippen molar-refractivity contribution in [3.05, 3.63) is 64.2 Å². The van der Waals surface area contributed by atoms with Crippen LogP contribution in [-0.4, -0.2) is 6.54 Å². The summed E-state index contributed by atoms with van der Waals surface area (Å²) < 4.78 is 5.67. The summed E-state index contributed by atoms with van der Waals surface area (Å²) in [6.45, 7) is 0.688. The van der Waals surface area contributed by atoms with Gasteiger partial charge in [-0.25, -0.2) is 0 Å². The van der Waals surface area contributed by atoms with Crippen LogP contribution in [0.25, 0.3) is 0 Å². The van der Waals surface area contributed by atoms with Gasteiger partial charge in [-0.1, -0.05) is 29.5 Å². The van der Waals surface area contributed by atoms with Crippen LogP contribution in [0.3, 0.4) is 0 Å². The Labute approximate surface area is 128 Å². The molecule has 0 fully saturated rings. The molecular formula is C17H13ClN2O. The molecule has 0 spiro atoms. The topological polar surface area (TPSA) is 59.0 Å². The first-order valence-electron chi connectivity index (χ1n) is 6.33. The largest absolute Gasteiger partial charge is 0.489 e. The maximum absolute atomic E-state index is 8.79. The SMILES string of the molecule is N#Cc1ccc(COc2ccc(C#CCN)cc2)c(Cl)c1. The number of hydrogen-bond donors (Lipinski definition) is 1. The third-order valence-electron chi connectivity index (χ3n) is 2.77. The number of halogens is 1. The fourth-order valence-electron chi connectivity index (χ4n) is 1.68. The lowest BCUT2D eigenvalue weighted by atomic mass is 10.1. The highest BCUT2D eigenvalue weighted by Crippen LogP contribution is 2.20. The molecule has 0 aliphatic heterocycles. The zero-order valence-electron chi connectivity index (χ0n) is 11.3. The van der Waals surface area contributed by atoms with E-state index in [4.69, 9.17) is 27.3 Å². The molecule has 0 unspecified atom stereocenters. The van der Waals surface area contributed by atoms with Crippen molar-refractivity contribution in [3.63, 3.8) is 0 Å². The Morgan fingerprint density at radius 3 is 2.43 bits per heavy atom. The molecule has 0 bridgehead atoms. The summed E-state index contributed by atoms with van der Waals surface area (Å²) in [6, 6.07) is 14.6. The van der Waals surface area contributed by atoms with Gasteiger partial charge in [-0.2, -0.15) is 5.26 Å². The minimum atomic E-state index is 0.343. The molecule has 2 aromatic carbocycles. The minimum absolute atomic E-state index is 0.343. The van der Waals surface area contributed by atoms with Crippen molar-refractivity contribution in [1.82, 2.24) is 0 Å². The second-order valence-electron chi connectivity index (χ2n) is 4.24. The number of benzene rings is 2. The highest BCUT2D eigenvalue weighted by molar-refractivity contribution is 6.31. The van der Waals surface area contributed by atoms with Crippen molar-refractivity contribution >= 4 is 11.6 Å². The van der Waals surface area contributed by atoms with Crippen LogP contribution < -0.4 is 10.5 Å². The predicted octanol–water partition coefficient (Wildman–Crippen LogP) is 3.10. The summed E-state index contributed by atoms with van der Waals surface area (Å²) in [5, 5.41) is 9.32. The lowest BCUT2D eigenvalue weighted by Crippen LogP contribution is -1.97. The van der Waals surface area contributed by atoms with E-state index in [0.717, 1.165) is 16.9 Å². The van der Waals surface area contributed by atoms with Crippen molar-refractivity contribution in [3.8, 4) is 23.7 Å². The first kappa shape index (κ1) is 14.9. The van der Waals surface area contributed by atoms with Gasteiger partial charge in [0.05, 0.1) is 18.2 Å². The average molecular weight is 297 g/mol. The van der Waals surface area contributed by atoms with E-state index in [-0.39, 0.29) is 0 Å². The number of ether oxygens (including phenoxy) is 1. The molecule has 3 nitrogen and oxygen atoms in total. The molecule has 0 amide bonds. The molecule has 0 aromatic heterocycles. The van der Waals surface area contributed by atoms with Gasteiger partial charge in [-0.15, -0.1) is 0 Å². The Hall–Kier alpha value is -2.46. The Balaban J connectivity index is 2.01. The van der Waals surface area contributed by atoms with Crippen LogP contribution in [0, 0.1) is 23.2 Å². The highest BCUT2D eigenvalue weighted by atomic mass is 35.5. The van der Waals surface area contributed by atoms with Gasteiger partial charge in [-0.3, -0.25) is 0 Å². The maximum Gasteiger partial charge on any atom is 0.119 e. The molecule has 0 heterocycles. The summed E-state index contributed by atoms with van der Waals surface area (Å²) in [6.07, 6.45) is 0. The van der Waals surface area contributed by atoms with E-state index in [1.54, 1.807) is 18.2 Å². The van der Waals surface area contributed by atoms with Crippen LogP contribution in [0.1, 0.15) is 16.7 Å². The Morgan fingerprint density at radius 1 is 1.10 bits per heavy atom.